The molecule has 2 aromatic carbocycles. The number of aryl methyl sites for hydroxylation is 1. The fourth-order valence-corrected chi connectivity index (χ4v) is 5.20. The second kappa shape index (κ2) is 10.3. The predicted molar refractivity (Wildman–Crippen MR) is 140 cm³/mol. The summed E-state index contributed by atoms with van der Waals surface area (Å²) in [7, 11) is 0. The lowest BCUT2D eigenvalue weighted by molar-refractivity contribution is -0.140. The summed E-state index contributed by atoms with van der Waals surface area (Å²) in [6, 6.07) is 10.9. The van der Waals surface area contributed by atoms with E-state index in [1.54, 1.807) is 18.2 Å². The number of fused-ring (bicyclic) bond motifs is 3. The van der Waals surface area contributed by atoms with Gasteiger partial charge in [0.25, 0.3) is 0 Å². The SMILES string of the molecule is CCn1c2ccc(C(=O)/C(CC3CCCCC3)=N/OC(C)=O)cc2c2cc(C(=O)C(C)(C)O)ccc21. The standard InChI is InChI=1S/C29H34N2O5/c1-5-31-25-13-11-20(27(33)24(30-36-18(2)32)15-19-9-7-6-8-10-19)16-22(25)23-17-21(12-14-26(23)31)28(34)29(3,4)35/h11-14,16-17,19,35H,5-10,15H2,1-4H3/b30-24+. The Morgan fingerprint density at radius 2 is 1.58 bits per heavy atom. The van der Waals surface area contributed by atoms with Crippen molar-refractivity contribution >= 4 is 45.1 Å². The van der Waals surface area contributed by atoms with Crippen molar-refractivity contribution in [3.8, 4) is 0 Å². The largest absolute Gasteiger partial charge is 0.382 e. The molecular formula is C29H34N2O5. The van der Waals surface area contributed by atoms with E-state index in [1.165, 1.54) is 27.2 Å². The van der Waals surface area contributed by atoms with Gasteiger partial charge in [-0.15, -0.1) is 0 Å². The van der Waals surface area contributed by atoms with Gasteiger partial charge in [0.1, 0.15) is 11.3 Å². The zero-order chi connectivity index (χ0) is 26.0. The van der Waals surface area contributed by atoms with E-state index in [0.29, 0.717) is 30.0 Å². The van der Waals surface area contributed by atoms with E-state index in [0.717, 1.165) is 47.5 Å². The number of aromatic nitrogens is 1. The predicted octanol–water partition coefficient (Wildman–Crippen LogP) is 5.84. The van der Waals surface area contributed by atoms with Gasteiger partial charge in [0.05, 0.1) is 0 Å². The minimum Gasteiger partial charge on any atom is -0.382 e. The molecule has 7 nitrogen and oxygen atoms in total. The van der Waals surface area contributed by atoms with Crippen LogP contribution in [0.15, 0.2) is 41.6 Å². The third-order valence-electron chi connectivity index (χ3n) is 7.01. The summed E-state index contributed by atoms with van der Waals surface area (Å²) in [6.45, 7) is 6.98. The summed E-state index contributed by atoms with van der Waals surface area (Å²) < 4.78 is 2.13. The van der Waals surface area contributed by atoms with Gasteiger partial charge in [0.2, 0.25) is 5.78 Å². The first-order chi connectivity index (χ1) is 17.1. The van der Waals surface area contributed by atoms with Gasteiger partial charge in [0.15, 0.2) is 5.78 Å². The molecule has 7 heteroatoms. The van der Waals surface area contributed by atoms with Gasteiger partial charge < -0.3 is 14.5 Å². The van der Waals surface area contributed by atoms with Crippen molar-refractivity contribution in [3.63, 3.8) is 0 Å². The molecule has 1 N–H and O–H groups in total. The molecule has 1 fully saturated rings. The molecule has 1 saturated carbocycles. The van der Waals surface area contributed by atoms with Crippen LogP contribution in [0.2, 0.25) is 0 Å². The minimum absolute atomic E-state index is 0.258. The fourth-order valence-electron chi connectivity index (χ4n) is 5.20. The molecule has 0 atom stereocenters. The van der Waals surface area contributed by atoms with Gasteiger partial charge in [-0.05, 0) is 69.5 Å². The van der Waals surface area contributed by atoms with Crippen LogP contribution in [0, 0.1) is 5.92 Å². The monoisotopic (exact) mass is 490 g/mol. The normalized spacial score (nSPS) is 15.4. The molecule has 1 aliphatic carbocycles. The van der Waals surface area contributed by atoms with Crippen LogP contribution < -0.4 is 0 Å². The van der Waals surface area contributed by atoms with E-state index in [2.05, 4.69) is 9.72 Å². The molecule has 4 rings (SSSR count). The summed E-state index contributed by atoms with van der Waals surface area (Å²) >= 11 is 0. The Morgan fingerprint density at radius 3 is 2.14 bits per heavy atom. The van der Waals surface area contributed by atoms with E-state index in [9.17, 15) is 19.5 Å². The first-order valence-corrected chi connectivity index (χ1v) is 12.7. The second-order valence-electron chi connectivity index (χ2n) is 10.3. The number of rotatable bonds is 8. The third kappa shape index (κ3) is 5.26. The van der Waals surface area contributed by atoms with E-state index in [-0.39, 0.29) is 17.3 Å². The Labute approximate surface area is 211 Å². The number of hydrogen-bond acceptors (Lipinski definition) is 6. The topological polar surface area (TPSA) is 98.0 Å². The Bertz CT molecular complexity index is 1350. The highest BCUT2D eigenvalue weighted by atomic mass is 16.7. The molecular weight excluding hydrogens is 456 g/mol. The maximum atomic E-state index is 13.6. The smallest absolute Gasteiger partial charge is 0.331 e. The third-order valence-corrected chi connectivity index (χ3v) is 7.01. The minimum atomic E-state index is -1.49. The van der Waals surface area contributed by atoms with E-state index < -0.39 is 11.6 Å². The van der Waals surface area contributed by atoms with Crippen molar-refractivity contribution in [3.05, 3.63) is 47.5 Å². The van der Waals surface area contributed by atoms with Crippen molar-refractivity contribution in [1.82, 2.24) is 4.57 Å². The zero-order valence-electron chi connectivity index (χ0n) is 21.5. The average Bonchev–Trinajstić information content (AvgIpc) is 3.17. The molecule has 1 aliphatic rings. The summed E-state index contributed by atoms with van der Waals surface area (Å²) in [4.78, 5) is 42.6. The lowest BCUT2D eigenvalue weighted by Gasteiger charge is -2.21. The van der Waals surface area contributed by atoms with Crippen LogP contribution in [0.25, 0.3) is 21.8 Å². The molecule has 1 aromatic heterocycles. The van der Waals surface area contributed by atoms with Crippen LogP contribution in [0.3, 0.4) is 0 Å². The van der Waals surface area contributed by atoms with Crippen molar-refractivity contribution < 1.29 is 24.3 Å². The van der Waals surface area contributed by atoms with Crippen LogP contribution in [-0.4, -0.2) is 38.5 Å². The van der Waals surface area contributed by atoms with Gasteiger partial charge >= 0.3 is 5.97 Å². The Balaban J connectivity index is 1.79. The molecule has 1 heterocycles. The van der Waals surface area contributed by atoms with Gasteiger partial charge in [-0.3, -0.25) is 9.59 Å². The maximum absolute atomic E-state index is 13.6. The molecule has 190 valence electrons. The molecule has 36 heavy (non-hydrogen) atoms. The number of nitrogens with zero attached hydrogens (tertiary/aromatic N) is 2. The average molecular weight is 491 g/mol. The molecule has 0 spiro atoms. The quantitative estimate of drug-likeness (QED) is 0.185. The number of carbonyl (C=O) groups excluding carboxylic acids is 3. The van der Waals surface area contributed by atoms with Crippen LogP contribution in [0.4, 0.5) is 0 Å². The van der Waals surface area contributed by atoms with Gasteiger partial charge in [-0.25, -0.2) is 4.79 Å². The molecule has 0 unspecified atom stereocenters. The number of hydrogen-bond donors (Lipinski definition) is 1. The summed E-state index contributed by atoms with van der Waals surface area (Å²) in [5.41, 5.74) is 1.53. The fraction of sp³-hybridized carbons (Fsp3) is 0.448. The van der Waals surface area contributed by atoms with Crippen molar-refractivity contribution in [1.29, 1.82) is 0 Å². The van der Waals surface area contributed by atoms with Crippen LogP contribution >= 0.6 is 0 Å². The van der Waals surface area contributed by atoms with Crippen LogP contribution in [-0.2, 0) is 16.2 Å². The number of ketones is 2. The number of Topliss-reactive ketones (excluding diaryl/α,β-unsaturated/α-hetero) is 2. The van der Waals surface area contributed by atoms with E-state index >= 15 is 0 Å². The van der Waals surface area contributed by atoms with E-state index in [4.69, 9.17) is 4.84 Å². The molecule has 3 aromatic rings. The van der Waals surface area contributed by atoms with Gasteiger partial charge in [-0.1, -0.05) is 37.3 Å². The number of carbonyl (C=O) groups is 3. The number of benzene rings is 2. The van der Waals surface area contributed by atoms with Crippen molar-refractivity contribution in [2.75, 3.05) is 0 Å². The van der Waals surface area contributed by atoms with Crippen molar-refractivity contribution in [2.24, 2.45) is 11.1 Å². The van der Waals surface area contributed by atoms with Gasteiger partial charge in [0, 0.05) is 46.4 Å². The van der Waals surface area contributed by atoms with Crippen molar-refractivity contribution in [2.45, 2.75) is 78.4 Å². The van der Waals surface area contributed by atoms with Crippen LogP contribution in [0.1, 0.15) is 86.9 Å². The van der Waals surface area contributed by atoms with E-state index in [1.807, 2.05) is 25.1 Å². The van der Waals surface area contributed by atoms with Gasteiger partial charge in [-0.2, -0.15) is 0 Å². The van der Waals surface area contributed by atoms with Crippen LogP contribution in [0.5, 0.6) is 0 Å². The summed E-state index contributed by atoms with van der Waals surface area (Å²) in [5.74, 6) is -0.838. The highest BCUT2D eigenvalue weighted by Gasteiger charge is 2.27. The number of aliphatic hydroxyl groups is 1. The highest BCUT2D eigenvalue weighted by Crippen LogP contribution is 2.32. The molecule has 0 radical (unpaired) electrons. The first-order valence-electron chi connectivity index (χ1n) is 12.7. The zero-order valence-corrected chi connectivity index (χ0v) is 21.5. The molecule has 0 saturated heterocycles. The molecule has 0 amide bonds. The maximum Gasteiger partial charge on any atom is 0.331 e. The first kappa shape index (κ1) is 25.8. The highest BCUT2D eigenvalue weighted by molar-refractivity contribution is 6.46. The Morgan fingerprint density at radius 1 is 1.00 bits per heavy atom. The second-order valence-corrected chi connectivity index (χ2v) is 10.3. The summed E-state index contributed by atoms with van der Waals surface area (Å²) in [5, 5.41) is 15.9. The molecule has 0 bridgehead atoms. The Kier molecular flexibility index (Phi) is 7.41. The lowest BCUT2D eigenvalue weighted by Crippen LogP contribution is -2.30. The number of oxime groups is 1. The Hall–Kier alpha value is -3.32. The summed E-state index contributed by atoms with van der Waals surface area (Å²) in [6.07, 6.45) is 6.02. The lowest BCUT2D eigenvalue weighted by atomic mass is 9.84. The molecule has 0 aliphatic heterocycles.